The first kappa shape index (κ1) is 23.8. The van der Waals surface area contributed by atoms with Gasteiger partial charge in [-0.2, -0.15) is 0 Å². The molecule has 0 fully saturated rings. The number of carbonyl (C=O) groups excluding carboxylic acids is 2. The zero-order valence-electron chi connectivity index (χ0n) is 20.0. The van der Waals surface area contributed by atoms with E-state index in [9.17, 15) is 14.7 Å². The number of aromatic amines is 1. The third-order valence-corrected chi connectivity index (χ3v) is 5.77. The Morgan fingerprint density at radius 3 is 2.20 bits per heavy atom. The number of amides is 2. The molecule has 3 aromatic carbocycles. The molecule has 35 heavy (non-hydrogen) atoms. The van der Waals surface area contributed by atoms with Crippen LogP contribution in [-0.4, -0.2) is 53.2 Å². The molecule has 0 saturated carbocycles. The van der Waals surface area contributed by atoms with Gasteiger partial charge >= 0.3 is 0 Å². The van der Waals surface area contributed by atoms with Crippen LogP contribution in [-0.2, 0) is 9.59 Å². The molecule has 178 valence electrons. The van der Waals surface area contributed by atoms with Crippen LogP contribution in [0.25, 0.3) is 10.9 Å². The average molecular weight is 469 g/mol. The highest BCUT2D eigenvalue weighted by Crippen LogP contribution is 2.31. The van der Waals surface area contributed by atoms with E-state index in [1.165, 1.54) is 9.80 Å². The number of nitrogens with one attached hydrogen (secondary N) is 1. The summed E-state index contributed by atoms with van der Waals surface area (Å²) in [7, 11) is 3.33. The van der Waals surface area contributed by atoms with E-state index in [1.54, 1.807) is 45.3 Å². The molecule has 0 aliphatic heterocycles. The predicted molar refractivity (Wildman–Crippen MR) is 139 cm³/mol. The van der Waals surface area contributed by atoms with E-state index in [0.29, 0.717) is 29.1 Å². The second kappa shape index (κ2) is 10.3. The fourth-order valence-electron chi connectivity index (χ4n) is 3.86. The van der Waals surface area contributed by atoms with Crippen molar-refractivity contribution in [1.82, 2.24) is 9.88 Å². The number of aromatic hydroxyl groups is 1. The summed E-state index contributed by atoms with van der Waals surface area (Å²) in [6.07, 6.45) is 0.290. The van der Waals surface area contributed by atoms with Crippen molar-refractivity contribution in [3.8, 4) is 5.88 Å². The molecular weight excluding hydrogens is 440 g/mol. The molecule has 7 heteroatoms. The van der Waals surface area contributed by atoms with Crippen molar-refractivity contribution < 1.29 is 14.7 Å². The predicted octanol–water partition coefficient (Wildman–Crippen LogP) is 4.87. The first-order valence-corrected chi connectivity index (χ1v) is 11.4. The van der Waals surface area contributed by atoms with Gasteiger partial charge in [0.05, 0.1) is 17.0 Å². The number of carbonyl (C=O) groups is 2. The third kappa shape index (κ3) is 5.09. The van der Waals surface area contributed by atoms with Crippen LogP contribution >= 0.6 is 0 Å². The van der Waals surface area contributed by atoms with Crippen LogP contribution in [0.2, 0.25) is 0 Å². The fraction of sp³-hybridized carbons (Fsp3) is 0.179. The lowest BCUT2D eigenvalue weighted by atomic mass is 10.0. The maximum atomic E-state index is 12.5. The summed E-state index contributed by atoms with van der Waals surface area (Å²) >= 11 is 0. The molecule has 4 aromatic rings. The minimum Gasteiger partial charge on any atom is -0.494 e. The van der Waals surface area contributed by atoms with Gasteiger partial charge < -0.3 is 19.9 Å². The topological polar surface area (TPSA) is 89.0 Å². The molecule has 2 amide bonds. The number of hydrogen-bond donors (Lipinski definition) is 2. The van der Waals surface area contributed by atoms with E-state index >= 15 is 0 Å². The van der Waals surface area contributed by atoms with Gasteiger partial charge in [0, 0.05) is 42.7 Å². The molecule has 0 spiro atoms. The average Bonchev–Trinajstić information content (AvgIpc) is 3.21. The molecule has 0 unspecified atom stereocenters. The molecule has 0 saturated heterocycles. The summed E-state index contributed by atoms with van der Waals surface area (Å²) in [6, 6.07) is 24.5. The van der Waals surface area contributed by atoms with Gasteiger partial charge in [0.1, 0.15) is 6.54 Å². The lowest BCUT2D eigenvalue weighted by Crippen LogP contribution is -2.40. The van der Waals surface area contributed by atoms with Gasteiger partial charge in [-0.05, 0) is 30.3 Å². The summed E-state index contributed by atoms with van der Waals surface area (Å²) in [6.45, 7) is 1.74. The van der Waals surface area contributed by atoms with Crippen LogP contribution in [0, 0.1) is 0 Å². The maximum Gasteiger partial charge on any atom is 0.242 e. The Morgan fingerprint density at radius 2 is 1.54 bits per heavy atom. The van der Waals surface area contributed by atoms with E-state index < -0.39 is 0 Å². The molecule has 4 rings (SSSR count). The van der Waals surface area contributed by atoms with Crippen molar-refractivity contribution in [3.05, 3.63) is 90.0 Å². The Kier molecular flexibility index (Phi) is 6.96. The van der Waals surface area contributed by atoms with E-state index in [2.05, 4.69) is 4.98 Å². The zero-order chi connectivity index (χ0) is 24.9. The van der Waals surface area contributed by atoms with Crippen LogP contribution in [0.4, 0.5) is 11.4 Å². The van der Waals surface area contributed by atoms with Gasteiger partial charge in [-0.3, -0.25) is 9.59 Å². The van der Waals surface area contributed by atoms with Crippen LogP contribution in [0.3, 0.4) is 0 Å². The van der Waals surface area contributed by atoms with Gasteiger partial charge in [-0.15, -0.1) is 0 Å². The Morgan fingerprint density at radius 1 is 0.886 bits per heavy atom. The monoisotopic (exact) mass is 468 g/mol. The quantitative estimate of drug-likeness (QED) is 0.379. The number of benzene rings is 3. The highest BCUT2D eigenvalue weighted by atomic mass is 16.3. The number of anilines is 1. The summed E-state index contributed by atoms with van der Waals surface area (Å²) in [5.74, 6) is -0.243. The number of aromatic nitrogens is 1. The number of aliphatic imine (C=N–C) groups is 1. The first-order chi connectivity index (χ1) is 16.9. The Bertz CT molecular complexity index is 1370. The van der Waals surface area contributed by atoms with Crippen molar-refractivity contribution in [3.63, 3.8) is 0 Å². The lowest BCUT2D eigenvalue weighted by molar-refractivity contribution is -0.129. The van der Waals surface area contributed by atoms with Gasteiger partial charge in [0.2, 0.25) is 11.8 Å². The van der Waals surface area contributed by atoms with E-state index in [1.807, 2.05) is 54.6 Å². The second-order valence-corrected chi connectivity index (χ2v) is 8.36. The summed E-state index contributed by atoms with van der Waals surface area (Å²) < 4.78 is 0. The third-order valence-electron chi connectivity index (χ3n) is 5.77. The highest BCUT2D eigenvalue weighted by molar-refractivity contribution is 6.21. The van der Waals surface area contributed by atoms with Crippen molar-refractivity contribution in [2.75, 3.05) is 25.5 Å². The molecule has 1 aromatic heterocycles. The molecule has 0 aliphatic carbocycles. The highest BCUT2D eigenvalue weighted by Gasteiger charge is 2.20. The number of fused-ring (bicyclic) bond motifs is 1. The number of rotatable bonds is 7. The lowest BCUT2D eigenvalue weighted by Gasteiger charge is -2.23. The molecule has 0 aliphatic rings. The zero-order valence-corrected chi connectivity index (χ0v) is 20.0. The number of likely N-dealkylation sites (N-methyl/N-ethyl adjacent to an activating group) is 1. The molecular formula is C28H28N4O3. The molecule has 0 bridgehead atoms. The molecule has 0 radical (unpaired) electrons. The van der Waals surface area contributed by atoms with Gasteiger partial charge in [-0.25, -0.2) is 4.99 Å². The van der Waals surface area contributed by atoms with E-state index in [0.717, 1.165) is 16.5 Å². The normalized spacial score (nSPS) is 11.5. The summed E-state index contributed by atoms with van der Waals surface area (Å²) in [4.78, 5) is 35.7. The van der Waals surface area contributed by atoms with Crippen molar-refractivity contribution in [2.45, 2.75) is 13.3 Å². The van der Waals surface area contributed by atoms with Crippen LogP contribution < -0.4 is 4.90 Å². The van der Waals surface area contributed by atoms with Crippen LogP contribution in [0.1, 0.15) is 24.5 Å². The summed E-state index contributed by atoms with van der Waals surface area (Å²) in [5, 5.41) is 11.6. The van der Waals surface area contributed by atoms with Gasteiger partial charge in [0.25, 0.3) is 0 Å². The number of para-hydroxylation sites is 1. The Balaban J connectivity index is 1.76. The Labute approximate surface area is 204 Å². The number of hydrogen-bond acceptors (Lipinski definition) is 4. The largest absolute Gasteiger partial charge is 0.494 e. The number of H-pyrrole nitrogens is 1. The standard InChI is InChI=1S/C28H28N4O3/c1-4-24(33)32(18-25(34)31(2)3)21-16-14-20(15-17-21)29-27(19-10-6-5-7-11-19)26-22-12-8-9-13-23(22)30-28(26)35/h5-17,30,35H,4,18H2,1-3H3. The fourth-order valence-corrected chi connectivity index (χ4v) is 3.86. The van der Waals surface area contributed by atoms with Crippen molar-refractivity contribution >= 4 is 39.8 Å². The SMILES string of the molecule is CCC(=O)N(CC(=O)N(C)C)c1ccc(N=C(c2ccccc2)c2c(O)[nH]c3ccccc23)cc1. The van der Waals surface area contributed by atoms with Gasteiger partial charge in [0.15, 0.2) is 5.88 Å². The molecule has 0 atom stereocenters. The second-order valence-electron chi connectivity index (χ2n) is 8.36. The van der Waals surface area contributed by atoms with Gasteiger partial charge in [-0.1, -0.05) is 55.5 Å². The number of nitrogens with zero attached hydrogens (tertiary/aromatic N) is 3. The van der Waals surface area contributed by atoms with Crippen LogP contribution in [0.5, 0.6) is 5.88 Å². The minimum atomic E-state index is -0.157. The molecule has 7 nitrogen and oxygen atoms in total. The van der Waals surface area contributed by atoms with E-state index in [4.69, 9.17) is 4.99 Å². The maximum absolute atomic E-state index is 12.5. The smallest absolute Gasteiger partial charge is 0.242 e. The molecule has 1 heterocycles. The van der Waals surface area contributed by atoms with E-state index in [-0.39, 0.29) is 24.2 Å². The Hall–Kier alpha value is -4.39. The van der Waals surface area contributed by atoms with Crippen LogP contribution in [0.15, 0.2) is 83.9 Å². The molecule has 2 N–H and O–H groups in total. The summed E-state index contributed by atoms with van der Waals surface area (Å²) in [5.41, 5.74) is 4.20. The van der Waals surface area contributed by atoms with Crippen molar-refractivity contribution in [2.24, 2.45) is 4.99 Å². The minimum absolute atomic E-state index is 0.0270. The first-order valence-electron chi connectivity index (χ1n) is 11.4. The van der Waals surface area contributed by atoms with Crippen molar-refractivity contribution in [1.29, 1.82) is 0 Å².